The molecule has 116 valence electrons. The second-order valence-corrected chi connectivity index (χ2v) is 3.52. The van der Waals surface area contributed by atoms with E-state index in [1.165, 1.54) is 6.92 Å². The van der Waals surface area contributed by atoms with Crippen LogP contribution in [0.4, 0.5) is 23.2 Å². The summed E-state index contributed by atoms with van der Waals surface area (Å²) in [5, 5.41) is 10.8. The van der Waals surface area contributed by atoms with Crippen molar-refractivity contribution in [1.82, 2.24) is 4.98 Å². The number of esters is 1. The molecule has 0 amide bonds. The van der Waals surface area contributed by atoms with Gasteiger partial charge in [0.25, 0.3) is 0 Å². The van der Waals surface area contributed by atoms with Gasteiger partial charge in [0.05, 0.1) is 24.1 Å². The number of carbonyl (C=O) groups is 1. The van der Waals surface area contributed by atoms with Gasteiger partial charge < -0.3 is 9.47 Å². The number of hydrogen-bond acceptors (Lipinski definition) is 6. The first-order chi connectivity index (χ1) is 9.65. The molecule has 0 saturated heterocycles. The molecule has 1 aromatic rings. The van der Waals surface area contributed by atoms with E-state index < -0.39 is 46.6 Å². The van der Waals surface area contributed by atoms with Gasteiger partial charge in [-0.05, 0) is 6.92 Å². The molecule has 1 rings (SSSR count). The van der Waals surface area contributed by atoms with Crippen LogP contribution in [0.25, 0.3) is 0 Å². The number of nitrogens with zero attached hydrogens (tertiary/aromatic N) is 2. The molecule has 0 aliphatic heterocycles. The Morgan fingerprint density at radius 1 is 1.48 bits per heavy atom. The van der Waals surface area contributed by atoms with E-state index in [9.17, 15) is 32.5 Å². The SMILES string of the molecule is CCOC(=O)Cc1ncc(F)c(OC(F)(F)F)c1[N+](=O)[O-]. The summed E-state index contributed by atoms with van der Waals surface area (Å²) in [4.78, 5) is 24.0. The number of pyridine rings is 1. The van der Waals surface area contributed by atoms with Crippen LogP contribution < -0.4 is 4.74 Å². The third-order valence-corrected chi connectivity index (χ3v) is 2.06. The van der Waals surface area contributed by atoms with Gasteiger partial charge in [0, 0.05) is 0 Å². The number of alkyl halides is 3. The van der Waals surface area contributed by atoms with Crippen LogP contribution in [0.3, 0.4) is 0 Å². The molecule has 0 atom stereocenters. The summed E-state index contributed by atoms with van der Waals surface area (Å²) in [7, 11) is 0. The quantitative estimate of drug-likeness (QED) is 0.358. The lowest BCUT2D eigenvalue weighted by Gasteiger charge is -2.11. The van der Waals surface area contributed by atoms with Gasteiger partial charge in [0.15, 0.2) is 5.82 Å². The Morgan fingerprint density at radius 3 is 2.57 bits per heavy atom. The Bertz CT molecular complexity index is 561. The molecular weight excluding hydrogens is 304 g/mol. The largest absolute Gasteiger partial charge is 0.573 e. The molecule has 0 N–H and O–H groups in total. The second kappa shape index (κ2) is 6.33. The molecule has 21 heavy (non-hydrogen) atoms. The summed E-state index contributed by atoms with van der Waals surface area (Å²) in [6.45, 7) is 1.42. The zero-order valence-electron chi connectivity index (χ0n) is 10.4. The van der Waals surface area contributed by atoms with Crippen molar-refractivity contribution >= 4 is 11.7 Å². The fourth-order valence-corrected chi connectivity index (χ4v) is 1.38. The summed E-state index contributed by atoms with van der Waals surface area (Å²) < 4.78 is 57.6. The lowest BCUT2D eigenvalue weighted by molar-refractivity contribution is -0.390. The highest BCUT2D eigenvalue weighted by atomic mass is 19.4. The Hall–Kier alpha value is -2.46. The van der Waals surface area contributed by atoms with Crippen molar-refractivity contribution in [3.8, 4) is 5.75 Å². The predicted molar refractivity (Wildman–Crippen MR) is 57.9 cm³/mol. The first-order valence-corrected chi connectivity index (χ1v) is 5.38. The molecule has 0 aliphatic rings. The van der Waals surface area contributed by atoms with E-state index in [2.05, 4.69) is 14.5 Å². The summed E-state index contributed by atoms with van der Waals surface area (Å²) in [5.74, 6) is -4.29. The summed E-state index contributed by atoms with van der Waals surface area (Å²) in [6, 6.07) is 0. The Kier molecular flexibility index (Phi) is 5.00. The first kappa shape index (κ1) is 16.6. The van der Waals surface area contributed by atoms with Crippen molar-refractivity contribution in [2.75, 3.05) is 6.61 Å². The molecule has 0 radical (unpaired) electrons. The Morgan fingerprint density at radius 2 is 2.10 bits per heavy atom. The summed E-state index contributed by atoms with van der Waals surface area (Å²) in [5.41, 5.74) is -2.07. The van der Waals surface area contributed by atoms with Crippen LogP contribution in [-0.4, -0.2) is 28.8 Å². The molecule has 0 fully saturated rings. The standard InChI is InChI=1S/C10H8F4N2O5/c1-2-20-7(17)3-6-8(16(18)19)9(5(11)4-15-6)21-10(12,13)14/h4H,2-3H2,1H3. The van der Waals surface area contributed by atoms with Gasteiger partial charge in [-0.15, -0.1) is 13.2 Å². The van der Waals surface area contributed by atoms with Crippen LogP contribution in [0, 0.1) is 15.9 Å². The zero-order valence-corrected chi connectivity index (χ0v) is 10.4. The molecule has 11 heteroatoms. The second-order valence-electron chi connectivity index (χ2n) is 3.52. The summed E-state index contributed by atoms with van der Waals surface area (Å²) >= 11 is 0. The molecule has 0 spiro atoms. The minimum atomic E-state index is -5.34. The highest BCUT2D eigenvalue weighted by Crippen LogP contribution is 2.36. The number of ether oxygens (including phenoxy) is 2. The van der Waals surface area contributed by atoms with Gasteiger partial charge in [-0.2, -0.15) is 0 Å². The van der Waals surface area contributed by atoms with Gasteiger partial charge in [-0.3, -0.25) is 19.9 Å². The topological polar surface area (TPSA) is 91.6 Å². The van der Waals surface area contributed by atoms with Gasteiger partial charge in [0.1, 0.15) is 5.69 Å². The molecular formula is C10H8F4N2O5. The number of rotatable bonds is 5. The van der Waals surface area contributed by atoms with Crippen molar-refractivity contribution in [2.24, 2.45) is 0 Å². The number of carbonyl (C=O) groups excluding carboxylic acids is 1. The van der Waals surface area contributed by atoms with Crippen LogP contribution in [0.5, 0.6) is 5.75 Å². The molecule has 1 heterocycles. The molecule has 0 unspecified atom stereocenters. The minimum Gasteiger partial charge on any atom is -0.466 e. The molecule has 7 nitrogen and oxygen atoms in total. The van der Waals surface area contributed by atoms with Crippen molar-refractivity contribution in [1.29, 1.82) is 0 Å². The number of halogens is 4. The van der Waals surface area contributed by atoms with Gasteiger partial charge in [0.2, 0.25) is 5.75 Å². The molecule has 0 saturated carbocycles. The lowest BCUT2D eigenvalue weighted by atomic mass is 10.2. The maximum Gasteiger partial charge on any atom is 0.573 e. The van der Waals surface area contributed by atoms with Crippen molar-refractivity contribution < 1.29 is 36.8 Å². The first-order valence-electron chi connectivity index (χ1n) is 5.38. The van der Waals surface area contributed by atoms with Gasteiger partial charge in [-0.25, -0.2) is 4.39 Å². The van der Waals surface area contributed by atoms with E-state index >= 15 is 0 Å². The fourth-order valence-electron chi connectivity index (χ4n) is 1.38. The average Bonchev–Trinajstić information content (AvgIpc) is 2.31. The van der Waals surface area contributed by atoms with E-state index in [1.54, 1.807) is 0 Å². The minimum absolute atomic E-state index is 0.0419. The van der Waals surface area contributed by atoms with Crippen molar-refractivity contribution in [3.05, 3.63) is 27.8 Å². The lowest BCUT2D eigenvalue weighted by Crippen LogP contribution is -2.20. The molecule has 0 bridgehead atoms. The fraction of sp³-hybridized carbons (Fsp3) is 0.400. The van der Waals surface area contributed by atoms with Gasteiger partial charge >= 0.3 is 18.0 Å². The maximum atomic E-state index is 13.3. The van der Waals surface area contributed by atoms with E-state index in [-0.39, 0.29) is 6.61 Å². The Labute approximate surface area is 114 Å². The van der Waals surface area contributed by atoms with E-state index in [1.807, 2.05) is 0 Å². The number of hydrogen-bond donors (Lipinski definition) is 0. The zero-order chi connectivity index (χ0) is 16.2. The monoisotopic (exact) mass is 312 g/mol. The highest BCUT2D eigenvalue weighted by Gasteiger charge is 2.38. The normalized spacial score (nSPS) is 11.1. The predicted octanol–water partition coefficient (Wildman–Crippen LogP) is 2.13. The molecule has 0 aliphatic carbocycles. The van der Waals surface area contributed by atoms with E-state index in [0.717, 1.165) is 0 Å². The van der Waals surface area contributed by atoms with Crippen LogP contribution in [-0.2, 0) is 16.0 Å². The van der Waals surface area contributed by atoms with Crippen LogP contribution in [0.1, 0.15) is 12.6 Å². The van der Waals surface area contributed by atoms with E-state index in [0.29, 0.717) is 6.20 Å². The maximum absolute atomic E-state index is 13.3. The number of nitro groups is 1. The molecule has 1 aromatic heterocycles. The highest BCUT2D eigenvalue weighted by molar-refractivity contribution is 5.74. The number of aromatic nitrogens is 1. The van der Waals surface area contributed by atoms with Gasteiger partial charge in [-0.1, -0.05) is 0 Å². The van der Waals surface area contributed by atoms with Crippen molar-refractivity contribution in [3.63, 3.8) is 0 Å². The van der Waals surface area contributed by atoms with Crippen molar-refractivity contribution in [2.45, 2.75) is 19.7 Å². The van der Waals surface area contributed by atoms with E-state index in [4.69, 9.17) is 0 Å². The van der Waals surface area contributed by atoms with Crippen LogP contribution in [0.15, 0.2) is 6.20 Å². The van der Waals surface area contributed by atoms with Crippen LogP contribution >= 0.6 is 0 Å². The third-order valence-electron chi connectivity index (χ3n) is 2.06. The van der Waals surface area contributed by atoms with Crippen LogP contribution in [0.2, 0.25) is 0 Å². The average molecular weight is 312 g/mol. The smallest absolute Gasteiger partial charge is 0.466 e. The Balaban J connectivity index is 3.30. The third kappa shape index (κ3) is 4.54. The summed E-state index contributed by atoms with van der Waals surface area (Å²) in [6.07, 6.45) is -5.84. The molecule has 0 aromatic carbocycles.